The van der Waals surface area contributed by atoms with Gasteiger partial charge in [-0.1, -0.05) is 15.9 Å². The molecule has 1 N–H and O–H groups in total. The average molecular weight is 352 g/mol. The lowest BCUT2D eigenvalue weighted by atomic mass is 10.1. The summed E-state index contributed by atoms with van der Waals surface area (Å²) in [5.74, 6) is 1.34. The molecular formula is C12H18BrNO4S. The fraction of sp³-hybridized carbons (Fsp3) is 0.500. The van der Waals surface area contributed by atoms with Gasteiger partial charge in [0.1, 0.15) is 0 Å². The van der Waals surface area contributed by atoms with Crippen molar-refractivity contribution in [3.05, 3.63) is 22.2 Å². The summed E-state index contributed by atoms with van der Waals surface area (Å²) in [6.45, 7) is 1.96. The molecule has 0 aliphatic carbocycles. The van der Waals surface area contributed by atoms with E-state index in [1.54, 1.807) is 21.1 Å². The summed E-state index contributed by atoms with van der Waals surface area (Å²) in [5, 5.41) is 0. The van der Waals surface area contributed by atoms with Gasteiger partial charge in [0.05, 0.1) is 20.0 Å². The van der Waals surface area contributed by atoms with Crippen LogP contribution in [-0.2, 0) is 16.4 Å². The highest BCUT2D eigenvalue weighted by Gasteiger charge is 2.11. The smallest absolute Gasteiger partial charge is 0.211 e. The Kier molecular flexibility index (Phi) is 6.09. The van der Waals surface area contributed by atoms with Gasteiger partial charge >= 0.3 is 0 Å². The van der Waals surface area contributed by atoms with E-state index in [0.717, 1.165) is 10.0 Å². The van der Waals surface area contributed by atoms with Gasteiger partial charge in [-0.25, -0.2) is 13.1 Å². The van der Waals surface area contributed by atoms with Crippen LogP contribution in [0.4, 0.5) is 0 Å². The van der Waals surface area contributed by atoms with Gasteiger partial charge in [-0.2, -0.15) is 0 Å². The quantitative estimate of drug-likeness (QED) is 0.815. The number of rotatable bonds is 7. The van der Waals surface area contributed by atoms with Gasteiger partial charge in [0.2, 0.25) is 10.0 Å². The summed E-state index contributed by atoms with van der Waals surface area (Å²) in [7, 11) is -0.0186. The Morgan fingerprint density at radius 1 is 1.21 bits per heavy atom. The minimum absolute atomic E-state index is 0.0834. The lowest BCUT2D eigenvalue weighted by Gasteiger charge is -2.12. The van der Waals surface area contributed by atoms with Crippen molar-refractivity contribution in [1.29, 1.82) is 0 Å². The van der Waals surface area contributed by atoms with Gasteiger partial charge in [-0.15, -0.1) is 0 Å². The first-order chi connectivity index (χ1) is 8.93. The third-order valence-electron chi connectivity index (χ3n) is 2.65. The van der Waals surface area contributed by atoms with Gasteiger partial charge in [0, 0.05) is 11.0 Å². The summed E-state index contributed by atoms with van der Waals surface area (Å²) in [5.41, 5.74) is 0.955. The van der Waals surface area contributed by atoms with Crippen molar-refractivity contribution in [2.45, 2.75) is 13.3 Å². The van der Waals surface area contributed by atoms with Crippen molar-refractivity contribution >= 4 is 26.0 Å². The zero-order valence-electron chi connectivity index (χ0n) is 11.2. The first-order valence-electron chi connectivity index (χ1n) is 5.81. The normalized spacial score (nSPS) is 11.4. The largest absolute Gasteiger partial charge is 0.493 e. The summed E-state index contributed by atoms with van der Waals surface area (Å²) in [4.78, 5) is 0. The molecular weight excluding hydrogens is 334 g/mol. The molecule has 0 amide bonds. The number of hydrogen-bond donors (Lipinski definition) is 1. The standard InChI is InChI=1S/C12H18BrNO4S/c1-4-19(15,16)14-6-5-9-7-11(17-2)12(18-3)8-10(9)13/h7-8,14H,4-6H2,1-3H3. The van der Waals surface area contributed by atoms with Crippen LogP contribution >= 0.6 is 15.9 Å². The molecule has 0 heterocycles. The lowest BCUT2D eigenvalue weighted by Crippen LogP contribution is -2.27. The Morgan fingerprint density at radius 3 is 2.32 bits per heavy atom. The maximum Gasteiger partial charge on any atom is 0.211 e. The Labute approximate surface area is 122 Å². The molecule has 1 aromatic carbocycles. The van der Waals surface area contributed by atoms with E-state index in [2.05, 4.69) is 20.7 Å². The third kappa shape index (κ3) is 4.67. The Balaban J connectivity index is 2.79. The maximum atomic E-state index is 11.3. The van der Waals surface area contributed by atoms with E-state index >= 15 is 0 Å². The molecule has 0 atom stereocenters. The van der Waals surface area contributed by atoms with Crippen LogP contribution in [0.25, 0.3) is 0 Å². The first kappa shape index (κ1) is 16.3. The SMILES string of the molecule is CCS(=O)(=O)NCCc1cc(OC)c(OC)cc1Br. The van der Waals surface area contributed by atoms with E-state index in [1.165, 1.54) is 0 Å². The molecule has 1 rings (SSSR count). The van der Waals surface area contributed by atoms with Crippen molar-refractivity contribution in [1.82, 2.24) is 4.72 Å². The van der Waals surface area contributed by atoms with Crippen LogP contribution in [0.3, 0.4) is 0 Å². The Hall–Kier alpha value is -0.790. The lowest BCUT2D eigenvalue weighted by molar-refractivity contribution is 0.354. The van der Waals surface area contributed by atoms with E-state index in [0.29, 0.717) is 24.5 Å². The molecule has 1 aromatic rings. The van der Waals surface area contributed by atoms with Gasteiger partial charge in [-0.05, 0) is 31.0 Å². The molecule has 0 saturated heterocycles. The summed E-state index contributed by atoms with van der Waals surface area (Å²) >= 11 is 3.44. The van der Waals surface area contributed by atoms with Crippen molar-refractivity contribution in [2.75, 3.05) is 26.5 Å². The fourth-order valence-corrected chi connectivity index (χ4v) is 2.67. The molecule has 0 fully saturated rings. The third-order valence-corrected chi connectivity index (χ3v) is 4.79. The predicted octanol–water partition coefficient (Wildman–Crippen LogP) is 1.95. The summed E-state index contributed by atoms with van der Waals surface area (Å²) < 4.78 is 36.5. The van der Waals surface area contributed by atoms with Crippen LogP contribution in [0.2, 0.25) is 0 Å². The number of ether oxygens (including phenoxy) is 2. The van der Waals surface area contributed by atoms with E-state index < -0.39 is 10.0 Å². The maximum absolute atomic E-state index is 11.3. The van der Waals surface area contributed by atoms with Crippen molar-refractivity contribution < 1.29 is 17.9 Å². The van der Waals surface area contributed by atoms with E-state index in [1.807, 2.05) is 12.1 Å². The molecule has 19 heavy (non-hydrogen) atoms. The zero-order valence-corrected chi connectivity index (χ0v) is 13.6. The van der Waals surface area contributed by atoms with Crippen molar-refractivity contribution in [3.63, 3.8) is 0 Å². The van der Waals surface area contributed by atoms with Crippen molar-refractivity contribution in [2.24, 2.45) is 0 Å². The van der Waals surface area contributed by atoms with Gasteiger partial charge in [0.15, 0.2) is 11.5 Å². The van der Waals surface area contributed by atoms with Crippen LogP contribution < -0.4 is 14.2 Å². The predicted molar refractivity (Wildman–Crippen MR) is 78.4 cm³/mol. The molecule has 0 aromatic heterocycles. The van der Waals surface area contributed by atoms with Crippen LogP contribution in [-0.4, -0.2) is 34.9 Å². The number of halogens is 1. The second kappa shape index (κ2) is 7.12. The number of nitrogens with one attached hydrogen (secondary N) is 1. The number of hydrogen-bond acceptors (Lipinski definition) is 4. The number of sulfonamides is 1. The highest BCUT2D eigenvalue weighted by atomic mass is 79.9. The number of methoxy groups -OCH3 is 2. The van der Waals surface area contributed by atoms with Crippen LogP contribution in [0.5, 0.6) is 11.5 Å². The molecule has 108 valence electrons. The van der Waals surface area contributed by atoms with E-state index in [-0.39, 0.29) is 5.75 Å². The molecule has 0 aliphatic heterocycles. The molecule has 0 aliphatic rings. The second-order valence-corrected chi connectivity index (χ2v) is 6.80. The monoisotopic (exact) mass is 351 g/mol. The van der Waals surface area contributed by atoms with Crippen LogP contribution in [0.15, 0.2) is 16.6 Å². The van der Waals surface area contributed by atoms with E-state index in [9.17, 15) is 8.42 Å². The summed E-state index contributed by atoms with van der Waals surface area (Å²) in [6.07, 6.45) is 0.570. The highest BCUT2D eigenvalue weighted by Crippen LogP contribution is 2.33. The average Bonchev–Trinajstić information content (AvgIpc) is 2.40. The minimum Gasteiger partial charge on any atom is -0.493 e. The Morgan fingerprint density at radius 2 is 1.79 bits per heavy atom. The first-order valence-corrected chi connectivity index (χ1v) is 8.25. The molecule has 7 heteroatoms. The minimum atomic E-state index is -3.15. The molecule has 0 unspecified atom stereocenters. The van der Waals surface area contributed by atoms with Crippen LogP contribution in [0, 0.1) is 0 Å². The molecule has 0 spiro atoms. The van der Waals surface area contributed by atoms with E-state index in [4.69, 9.17) is 9.47 Å². The van der Waals surface area contributed by atoms with Crippen LogP contribution in [0.1, 0.15) is 12.5 Å². The second-order valence-electron chi connectivity index (χ2n) is 3.85. The van der Waals surface area contributed by atoms with Crippen molar-refractivity contribution in [3.8, 4) is 11.5 Å². The molecule has 0 bridgehead atoms. The topological polar surface area (TPSA) is 64.6 Å². The summed E-state index contributed by atoms with van der Waals surface area (Å²) in [6, 6.07) is 3.64. The zero-order chi connectivity index (χ0) is 14.5. The van der Waals surface area contributed by atoms with Gasteiger partial charge < -0.3 is 9.47 Å². The molecule has 0 radical (unpaired) electrons. The van der Waals surface area contributed by atoms with Gasteiger partial charge in [0.25, 0.3) is 0 Å². The van der Waals surface area contributed by atoms with Gasteiger partial charge in [-0.3, -0.25) is 0 Å². The molecule has 0 saturated carbocycles. The molecule has 5 nitrogen and oxygen atoms in total. The number of benzene rings is 1. The fourth-order valence-electron chi connectivity index (χ4n) is 1.53. The Bertz CT molecular complexity index is 531. The highest BCUT2D eigenvalue weighted by molar-refractivity contribution is 9.10.